The number of carbonyl (C=O) groups excluding carboxylic acids is 2. The number of nitrogens with one attached hydrogen (secondary N) is 2. The van der Waals surface area contributed by atoms with Gasteiger partial charge in [-0.25, -0.2) is 0 Å². The first-order valence-electron chi connectivity index (χ1n) is 10.5. The van der Waals surface area contributed by atoms with Crippen LogP contribution in [-0.2, 0) is 13.1 Å². The zero-order valence-corrected chi connectivity index (χ0v) is 17.8. The van der Waals surface area contributed by atoms with Crippen LogP contribution in [0, 0.1) is 0 Å². The highest BCUT2D eigenvalue weighted by atomic mass is 16.5. The molecule has 164 valence electrons. The van der Waals surface area contributed by atoms with Crippen LogP contribution in [0.2, 0.25) is 0 Å². The highest BCUT2D eigenvalue weighted by Crippen LogP contribution is 2.19. The van der Waals surface area contributed by atoms with Gasteiger partial charge < -0.3 is 19.9 Å². The first kappa shape index (κ1) is 21.4. The smallest absolute Gasteiger partial charge is 0.257 e. The molecule has 2 aromatic carbocycles. The van der Waals surface area contributed by atoms with Crippen LogP contribution < -0.4 is 20.8 Å². The number of pyridine rings is 1. The van der Waals surface area contributed by atoms with Gasteiger partial charge in [-0.05, 0) is 36.1 Å². The van der Waals surface area contributed by atoms with Gasteiger partial charge in [-0.1, -0.05) is 42.5 Å². The Morgan fingerprint density at radius 1 is 0.938 bits per heavy atom. The van der Waals surface area contributed by atoms with Crippen molar-refractivity contribution in [1.82, 2.24) is 15.2 Å². The van der Waals surface area contributed by atoms with Crippen LogP contribution in [0.1, 0.15) is 44.7 Å². The maximum absolute atomic E-state index is 13.0. The second-order valence-corrected chi connectivity index (χ2v) is 7.85. The van der Waals surface area contributed by atoms with E-state index in [1.54, 1.807) is 23.8 Å². The van der Waals surface area contributed by atoms with Crippen LogP contribution >= 0.6 is 0 Å². The van der Waals surface area contributed by atoms with Crippen molar-refractivity contribution >= 4 is 11.8 Å². The van der Waals surface area contributed by atoms with E-state index >= 15 is 0 Å². The monoisotopic (exact) mass is 431 g/mol. The number of aromatic nitrogens is 1. The molecule has 0 bridgehead atoms. The SMILES string of the molecule is COc1ccc(CNC(=O)c2cn(Cc3ccccc3)cc(C(=O)NC3CC3)c2=O)cc1. The second-order valence-electron chi connectivity index (χ2n) is 7.85. The van der Waals surface area contributed by atoms with E-state index in [1.807, 2.05) is 42.5 Å². The quantitative estimate of drug-likeness (QED) is 0.574. The van der Waals surface area contributed by atoms with Crippen LogP contribution in [-0.4, -0.2) is 29.5 Å². The van der Waals surface area contributed by atoms with Gasteiger partial charge in [-0.3, -0.25) is 14.4 Å². The van der Waals surface area contributed by atoms with Crippen LogP contribution in [0.15, 0.2) is 71.8 Å². The molecule has 0 saturated heterocycles. The Hall–Kier alpha value is -3.87. The summed E-state index contributed by atoms with van der Waals surface area (Å²) >= 11 is 0. The number of ether oxygens (including phenoxy) is 1. The van der Waals surface area contributed by atoms with E-state index in [-0.39, 0.29) is 23.7 Å². The molecule has 0 spiro atoms. The molecule has 0 atom stereocenters. The molecule has 2 amide bonds. The molecule has 1 aromatic heterocycles. The summed E-state index contributed by atoms with van der Waals surface area (Å²) in [6, 6.07) is 17.0. The average Bonchev–Trinajstić information content (AvgIpc) is 3.63. The van der Waals surface area contributed by atoms with Crippen molar-refractivity contribution in [2.75, 3.05) is 7.11 Å². The van der Waals surface area contributed by atoms with Gasteiger partial charge in [-0.15, -0.1) is 0 Å². The summed E-state index contributed by atoms with van der Waals surface area (Å²) in [5.41, 5.74) is 1.21. The number of methoxy groups -OCH3 is 1. The molecule has 0 aliphatic heterocycles. The lowest BCUT2D eigenvalue weighted by molar-refractivity contribution is 0.0948. The number of amides is 2. The van der Waals surface area contributed by atoms with Gasteiger partial charge in [0.25, 0.3) is 11.8 Å². The van der Waals surface area contributed by atoms with E-state index in [2.05, 4.69) is 10.6 Å². The van der Waals surface area contributed by atoms with Gasteiger partial charge in [0.05, 0.1) is 7.11 Å². The van der Waals surface area contributed by atoms with Crippen molar-refractivity contribution in [3.8, 4) is 5.75 Å². The van der Waals surface area contributed by atoms with Crippen LogP contribution in [0.4, 0.5) is 0 Å². The van der Waals surface area contributed by atoms with Crippen molar-refractivity contribution in [3.05, 3.63) is 99.5 Å². The molecule has 1 fully saturated rings. The lowest BCUT2D eigenvalue weighted by atomic mass is 10.1. The number of benzene rings is 2. The van der Waals surface area contributed by atoms with E-state index < -0.39 is 17.2 Å². The summed E-state index contributed by atoms with van der Waals surface area (Å²) in [5, 5.41) is 5.62. The minimum Gasteiger partial charge on any atom is -0.497 e. The molecule has 32 heavy (non-hydrogen) atoms. The summed E-state index contributed by atoms with van der Waals surface area (Å²) in [6.45, 7) is 0.684. The molecular formula is C25H25N3O4. The fourth-order valence-electron chi connectivity index (χ4n) is 3.35. The van der Waals surface area contributed by atoms with Crippen molar-refractivity contribution < 1.29 is 14.3 Å². The molecule has 1 heterocycles. The van der Waals surface area contributed by atoms with Crippen LogP contribution in [0.25, 0.3) is 0 Å². The molecule has 0 unspecified atom stereocenters. The lowest BCUT2D eigenvalue weighted by Gasteiger charge is -2.13. The molecule has 7 nitrogen and oxygen atoms in total. The van der Waals surface area contributed by atoms with Crippen LogP contribution in [0.3, 0.4) is 0 Å². The Morgan fingerprint density at radius 2 is 1.59 bits per heavy atom. The minimum absolute atomic E-state index is 0.0232. The highest BCUT2D eigenvalue weighted by molar-refractivity contribution is 5.99. The van der Waals surface area contributed by atoms with Crippen LogP contribution in [0.5, 0.6) is 5.75 Å². The molecular weight excluding hydrogens is 406 g/mol. The number of rotatable bonds is 8. The molecule has 2 N–H and O–H groups in total. The first-order chi connectivity index (χ1) is 15.5. The van der Waals surface area contributed by atoms with Crippen molar-refractivity contribution in [3.63, 3.8) is 0 Å². The molecule has 4 rings (SSSR count). The van der Waals surface area contributed by atoms with E-state index in [0.29, 0.717) is 6.54 Å². The van der Waals surface area contributed by atoms with E-state index in [0.717, 1.165) is 29.7 Å². The van der Waals surface area contributed by atoms with Gasteiger partial charge in [0.2, 0.25) is 5.43 Å². The van der Waals surface area contributed by atoms with Crippen molar-refractivity contribution in [2.45, 2.75) is 32.0 Å². The van der Waals surface area contributed by atoms with E-state index in [9.17, 15) is 14.4 Å². The predicted molar refractivity (Wildman–Crippen MR) is 121 cm³/mol. The summed E-state index contributed by atoms with van der Waals surface area (Å²) in [6.07, 6.45) is 4.85. The number of nitrogens with zero attached hydrogens (tertiary/aromatic N) is 1. The molecule has 1 aliphatic carbocycles. The third-order valence-corrected chi connectivity index (χ3v) is 5.30. The molecule has 1 saturated carbocycles. The summed E-state index contributed by atoms with van der Waals surface area (Å²) < 4.78 is 6.85. The maximum Gasteiger partial charge on any atom is 0.257 e. The Morgan fingerprint density at radius 3 is 2.22 bits per heavy atom. The normalized spacial score (nSPS) is 12.8. The summed E-state index contributed by atoms with van der Waals surface area (Å²) in [4.78, 5) is 38.6. The number of hydrogen-bond donors (Lipinski definition) is 2. The lowest BCUT2D eigenvalue weighted by Crippen LogP contribution is -2.36. The Balaban J connectivity index is 1.59. The van der Waals surface area contributed by atoms with E-state index in [4.69, 9.17) is 4.74 Å². The predicted octanol–water partition coefficient (Wildman–Crippen LogP) is 2.73. The van der Waals surface area contributed by atoms with Gasteiger partial charge in [0.1, 0.15) is 16.9 Å². The summed E-state index contributed by atoms with van der Waals surface area (Å²) in [7, 11) is 1.59. The Kier molecular flexibility index (Phi) is 6.35. The minimum atomic E-state index is -0.570. The highest BCUT2D eigenvalue weighted by Gasteiger charge is 2.26. The number of carbonyl (C=O) groups is 2. The molecule has 0 radical (unpaired) electrons. The molecule has 3 aromatic rings. The largest absolute Gasteiger partial charge is 0.497 e. The fraction of sp³-hybridized carbons (Fsp3) is 0.240. The fourth-order valence-corrected chi connectivity index (χ4v) is 3.35. The van der Waals surface area contributed by atoms with Gasteiger partial charge in [0.15, 0.2) is 0 Å². The second kappa shape index (κ2) is 9.51. The van der Waals surface area contributed by atoms with Gasteiger partial charge in [-0.2, -0.15) is 0 Å². The van der Waals surface area contributed by atoms with E-state index in [1.165, 1.54) is 12.4 Å². The summed E-state index contributed by atoms with van der Waals surface area (Å²) in [5.74, 6) is -0.240. The van der Waals surface area contributed by atoms with Crippen molar-refractivity contribution in [1.29, 1.82) is 0 Å². The topological polar surface area (TPSA) is 89.4 Å². The third-order valence-electron chi connectivity index (χ3n) is 5.30. The third kappa shape index (κ3) is 5.24. The first-order valence-corrected chi connectivity index (χ1v) is 10.5. The Bertz CT molecular complexity index is 1170. The van der Waals surface area contributed by atoms with Crippen molar-refractivity contribution in [2.24, 2.45) is 0 Å². The Labute approximate surface area is 186 Å². The zero-order valence-electron chi connectivity index (χ0n) is 17.8. The van der Waals surface area contributed by atoms with Gasteiger partial charge >= 0.3 is 0 Å². The maximum atomic E-state index is 13.0. The molecule has 7 heteroatoms. The van der Waals surface area contributed by atoms with Gasteiger partial charge in [0, 0.05) is 31.5 Å². The standard InChI is InChI=1S/C25H25N3O4/c1-32-20-11-7-17(8-12-20)13-26-24(30)21-15-28(14-18-5-3-2-4-6-18)16-22(23(21)29)25(31)27-19-9-10-19/h2-8,11-12,15-16,19H,9-10,13-14H2,1H3,(H,26,30)(H,27,31). The zero-order chi connectivity index (χ0) is 22.5. The molecule has 1 aliphatic rings. The number of hydrogen-bond acceptors (Lipinski definition) is 4. The average molecular weight is 431 g/mol.